The zero-order valence-electron chi connectivity index (χ0n) is 59.9. The molecular weight excluding hydrogens is 1210 g/mol. The minimum atomic E-state index is -4.95. The molecule has 19 heteroatoms. The molecule has 2 unspecified atom stereocenters. The highest BCUT2D eigenvalue weighted by molar-refractivity contribution is 7.47. The number of phosphoric ester groups is 2. The van der Waals surface area contributed by atoms with Crippen LogP contribution in [0.1, 0.15) is 375 Å². The summed E-state index contributed by atoms with van der Waals surface area (Å²) < 4.78 is 68.3. The highest BCUT2D eigenvalue weighted by Gasteiger charge is 2.30. The van der Waals surface area contributed by atoms with Gasteiger partial charge in [0.25, 0.3) is 0 Å². The molecule has 3 N–H and O–H groups in total. The van der Waals surface area contributed by atoms with E-state index in [-0.39, 0.29) is 25.7 Å². The highest BCUT2D eigenvalue weighted by Crippen LogP contribution is 2.45. The molecule has 0 spiro atoms. The quantitative estimate of drug-likeness (QED) is 0.0222. The van der Waals surface area contributed by atoms with E-state index in [1.54, 1.807) is 0 Å². The first-order valence-electron chi connectivity index (χ1n) is 38.0. The summed E-state index contributed by atoms with van der Waals surface area (Å²) in [5, 5.41) is 10.6. The van der Waals surface area contributed by atoms with E-state index in [9.17, 15) is 43.2 Å². The van der Waals surface area contributed by atoms with Crippen LogP contribution in [-0.4, -0.2) is 96.7 Å². The lowest BCUT2D eigenvalue weighted by Crippen LogP contribution is -2.30. The Morgan fingerprint density at radius 2 is 0.500 bits per heavy atom. The van der Waals surface area contributed by atoms with Crippen LogP contribution in [0.4, 0.5) is 0 Å². The maximum atomic E-state index is 13.1. The maximum Gasteiger partial charge on any atom is 0.472 e. The molecule has 0 rings (SSSR count). The average molecular weight is 1350 g/mol. The highest BCUT2D eigenvalue weighted by atomic mass is 31.2. The van der Waals surface area contributed by atoms with Crippen molar-refractivity contribution < 1.29 is 80.2 Å². The molecule has 0 amide bonds. The van der Waals surface area contributed by atoms with E-state index < -0.39 is 97.5 Å². The van der Waals surface area contributed by atoms with Gasteiger partial charge in [-0.3, -0.25) is 37.3 Å². The summed E-state index contributed by atoms with van der Waals surface area (Å²) in [6, 6.07) is 0. The number of phosphoric acid groups is 2. The van der Waals surface area contributed by atoms with Crippen LogP contribution in [0.3, 0.4) is 0 Å². The van der Waals surface area contributed by atoms with E-state index >= 15 is 0 Å². The Morgan fingerprint density at radius 3 is 0.739 bits per heavy atom. The van der Waals surface area contributed by atoms with Crippen LogP contribution in [0.5, 0.6) is 0 Å². The van der Waals surface area contributed by atoms with E-state index in [1.807, 2.05) is 0 Å². The van der Waals surface area contributed by atoms with Crippen molar-refractivity contribution in [2.24, 2.45) is 11.8 Å². The predicted molar refractivity (Wildman–Crippen MR) is 372 cm³/mol. The van der Waals surface area contributed by atoms with Gasteiger partial charge in [-0.05, 0) is 37.5 Å². The predicted octanol–water partition coefficient (Wildman–Crippen LogP) is 21.2. The molecule has 0 aliphatic carbocycles. The Morgan fingerprint density at radius 1 is 0.293 bits per heavy atom. The van der Waals surface area contributed by atoms with Gasteiger partial charge in [-0.15, -0.1) is 0 Å². The van der Waals surface area contributed by atoms with E-state index in [1.165, 1.54) is 186 Å². The number of esters is 4. The summed E-state index contributed by atoms with van der Waals surface area (Å²) in [5.74, 6) is -0.749. The van der Waals surface area contributed by atoms with Crippen molar-refractivity contribution in [3.8, 4) is 0 Å². The number of ether oxygens (including phenoxy) is 4. The SMILES string of the molecule is CCCCCCCCCCCCCCCCCCCCC(=O)O[C@H](COC(=O)CCCCCCCCCCCCCCCCC)COP(=O)(O)OC[C@@H](O)COP(=O)(O)OC[C@@H](COC(=O)CCCCCCCCC(C)C)OC(=O)CCCCCCCCCC(C)C. The molecular formula is C73H142O17P2. The fraction of sp³-hybridized carbons (Fsp3) is 0.945. The molecule has 0 heterocycles. The van der Waals surface area contributed by atoms with Gasteiger partial charge in [0.2, 0.25) is 0 Å². The second kappa shape index (κ2) is 65.0. The van der Waals surface area contributed by atoms with E-state index in [4.69, 9.17) is 37.0 Å². The van der Waals surface area contributed by atoms with Crippen molar-refractivity contribution in [1.29, 1.82) is 0 Å². The number of hydrogen-bond donors (Lipinski definition) is 3. The van der Waals surface area contributed by atoms with Crippen LogP contribution in [0.2, 0.25) is 0 Å². The molecule has 0 aromatic carbocycles. The molecule has 92 heavy (non-hydrogen) atoms. The van der Waals surface area contributed by atoms with Gasteiger partial charge >= 0.3 is 39.5 Å². The number of aliphatic hydroxyl groups is 1. The van der Waals surface area contributed by atoms with Gasteiger partial charge in [-0.2, -0.15) is 0 Å². The Hall–Kier alpha value is -1.94. The number of unbranched alkanes of at least 4 members (excludes halogenated alkanes) is 42. The summed E-state index contributed by atoms with van der Waals surface area (Å²) >= 11 is 0. The molecule has 0 aromatic heterocycles. The summed E-state index contributed by atoms with van der Waals surface area (Å²) in [5.41, 5.74) is 0. The molecule has 5 atom stereocenters. The van der Waals surface area contributed by atoms with Crippen molar-refractivity contribution >= 4 is 39.5 Å². The van der Waals surface area contributed by atoms with Crippen molar-refractivity contribution in [2.45, 2.75) is 394 Å². The number of carbonyl (C=O) groups excluding carboxylic acids is 4. The van der Waals surface area contributed by atoms with Gasteiger partial charge in [0.15, 0.2) is 12.2 Å². The van der Waals surface area contributed by atoms with Gasteiger partial charge in [-0.25, -0.2) is 9.13 Å². The summed E-state index contributed by atoms with van der Waals surface area (Å²) in [6.45, 7) is 9.43. The number of aliphatic hydroxyl groups excluding tert-OH is 1. The molecule has 0 radical (unpaired) electrons. The molecule has 0 aromatic rings. The normalized spacial score (nSPS) is 14.1. The van der Waals surface area contributed by atoms with Crippen molar-refractivity contribution in [2.75, 3.05) is 39.6 Å². The lowest BCUT2D eigenvalue weighted by atomic mass is 10.0. The van der Waals surface area contributed by atoms with Gasteiger partial charge < -0.3 is 33.8 Å². The molecule has 0 bridgehead atoms. The lowest BCUT2D eigenvalue weighted by molar-refractivity contribution is -0.161. The Labute approximate surface area is 562 Å². The molecule has 0 saturated heterocycles. The minimum absolute atomic E-state index is 0.103. The first kappa shape index (κ1) is 90.1. The smallest absolute Gasteiger partial charge is 0.462 e. The van der Waals surface area contributed by atoms with E-state index in [2.05, 4.69) is 41.5 Å². The van der Waals surface area contributed by atoms with E-state index in [0.29, 0.717) is 37.5 Å². The number of hydrogen-bond acceptors (Lipinski definition) is 15. The Bertz CT molecular complexity index is 1790. The Balaban J connectivity index is 5.21. The van der Waals surface area contributed by atoms with E-state index in [0.717, 1.165) is 96.3 Å². The molecule has 0 aliphatic heterocycles. The summed E-state index contributed by atoms with van der Waals surface area (Å²) in [4.78, 5) is 72.6. The van der Waals surface area contributed by atoms with Crippen LogP contribution in [-0.2, 0) is 65.4 Å². The summed E-state index contributed by atoms with van der Waals surface area (Å²) in [7, 11) is -9.90. The summed E-state index contributed by atoms with van der Waals surface area (Å²) in [6.07, 6.45) is 51.7. The topological polar surface area (TPSA) is 237 Å². The van der Waals surface area contributed by atoms with Crippen LogP contribution in [0.15, 0.2) is 0 Å². The second-order valence-electron chi connectivity index (χ2n) is 27.3. The number of carbonyl (C=O) groups is 4. The Kier molecular flexibility index (Phi) is 63.7. The third-order valence-corrected chi connectivity index (χ3v) is 18.9. The maximum absolute atomic E-state index is 13.1. The molecule has 546 valence electrons. The van der Waals surface area contributed by atoms with Crippen LogP contribution in [0, 0.1) is 11.8 Å². The lowest BCUT2D eigenvalue weighted by Gasteiger charge is -2.21. The van der Waals surface area contributed by atoms with Gasteiger partial charge in [-0.1, -0.05) is 324 Å². The fourth-order valence-electron chi connectivity index (χ4n) is 11.1. The van der Waals surface area contributed by atoms with Crippen LogP contribution in [0.25, 0.3) is 0 Å². The third-order valence-electron chi connectivity index (χ3n) is 17.0. The van der Waals surface area contributed by atoms with Crippen molar-refractivity contribution in [3.05, 3.63) is 0 Å². The second-order valence-corrected chi connectivity index (χ2v) is 30.2. The fourth-order valence-corrected chi connectivity index (χ4v) is 12.7. The molecule has 17 nitrogen and oxygen atoms in total. The van der Waals surface area contributed by atoms with Crippen LogP contribution >= 0.6 is 15.6 Å². The zero-order chi connectivity index (χ0) is 67.9. The van der Waals surface area contributed by atoms with Crippen LogP contribution < -0.4 is 0 Å². The standard InChI is InChI=1S/C73H142O17P2/c1-7-9-11-13-15-17-19-21-23-24-25-27-29-31-33-37-45-51-57-72(77)89-68(61-83-70(75)55-49-43-36-32-30-28-26-22-20-18-16-14-12-10-8-2)63-87-91(79,80)85-59-67(74)60-86-92(81,82)88-64-69(62-84-71(76)56-50-44-40-39-42-48-54-66(5)6)90-73(78)58-52-46-38-34-35-41-47-53-65(3)4/h65-69,74H,7-64H2,1-6H3,(H,79,80)(H,81,82)/t67-,68-,69-/m1/s1. The minimum Gasteiger partial charge on any atom is -0.462 e. The third kappa shape index (κ3) is 66.7. The first-order valence-corrected chi connectivity index (χ1v) is 41.0. The van der Waals surface area contributed by atoms with Gasteiger partial charge in [0, 0.05) is 25.7 Å². The van der Waals surface area contributed by atoms with Crippen molar-refractivity contribution in [1.82, 2.24) is 0 Å². The monoisotopic (exact) mass is 1350 g/mol. The molecule has 0 fully saturated rings. The molecule has 0 saturated carbocycles. The number of rotatable bonds is 72. The average Bonchev–Trinajstić information content (AvgIpc) is 1.53. The zero-order valence-corrected chi connectivity index (χ0v) is 61.6. The largest absolute Gasteiger partial charge is 0.472 e. The van der Waals surface area contributed by atoms with Gasteiger partial charge in [0.1, 0.15) is 19.3 Å². The van der Waals surface area contributed by atoms with Gasteiger partial charge in [0.05, 0.1) is 26.4 Å². The van der Waals surface area contributed by atoms with Crippen molar-refractivity contribution in [3.63, 3.8) is 0 Å². The first-order chi connectivity index (χ1) is 44.4. The molecule has 0 aliphatic rings.